The Kier molecular flexibility index (Phi) is 6.61. The number of methoxy groups -OCH3 is 2. The first kappa shape index (κ1) is 24.3. The molecule has 2 aliphatic rings. The van der Waals surface area contributed by atoms with Gasteiger partial charge in [0.15, 0.2) is 5.41 Å². The lowest BCUT2D eigenvalue weighted by molar-refractivity contribution is -0.147. The number of esters is 4. The molecule has 1 aromatic carbocycles. The molecule has 2 aliphatic heterocycles. The molecule has 0 saturated carbocycles. The molecular weight excluding hydrogens is 450 g/mol. The number of hydrogen-bond donors (Lipinski definition) is 2. The normalized spacial score (nSPS) is 19.0. The minimum Gasteiger partial charge on any atom is -0.469 e. The van der Waals surface area contributed by atoms with E-state index < -0.39 is 59.3 Å². The average molecular weight is 473 g/mol. The van der Waals surface area contributed by atoms with E-state index in [1.807, 2.05) is 0 Å². The average Bonchev–Trinajstić information content (AvgIpc) is 3.07. The molecule has 12 heteroatoms. The summed E-state index contributed by atoms with van der Waals surface area (Å²) in [4.78, 5) is 64.9. The lowest BCUT2D eigenvalue weighted by Crippen LogP contribution is -2.52. The molecule has 0 bridgehead atoms. The molecule has 180 valence electrons. The number of para-hydroxylation sites is 1. The van der Waals surface area contributed by atoms with Crippen LogP contribution < -0.4 is 16.4 Å². The van der Waals surface area contributed by atoms with Crippen LogP contribution >= 0.6 is 0 Å². The zero-order chi connectivity index (χ0) is 25.2. The first-order valence-electron chi connectivity index (χ1n) is 10.1. The summed E-state index contributed by atoms with van der Waals surface area (Å²) in [5.41, 5.74) is 8.87. The van der Waals surface area contributed by atoms with Crippen molar-refractivity contribution < 1.29 is 42.9 Å². The molecule has 1 atom stereocenters. The lowest BCUT2D eigenvalue weighted by Gasteiger charge is -2.40. The van der Waals surface area contributed by atoms with Crippen molar-refractivity contribution in [3.8, 4) is 0 Å². The van der Waals surface area contributed by atoms with Crippen molar-refractivity contribution in [2.24, 2.45) is 11.5 Å². The highest BCUT2D eigenvalue weighted by atomic mass is 16.6. The smallest absolute Gasteiger partial charge is 0.339 e. The van der Waals surface area contributed by atoms with Gasteiger partial charge in [-0.25, -0.2) is 14.4 Å². The summed E-state index contributed by atoms with van der Waals surface area (Å²) in [6.07, 6.45) is -0.600. The number of amides is 1. The second-order valence-electron chi connectivity index (χ2n) is 7.23. The van der Waals surface area contributed by atoms with Crippen molar-refractivity contribution in [3.05, 3.63) is 52.6 Å². The van der Waals surface area contributed by atoms with Crippen LogP contribution in [-0.2, 0) is 48.3 Å². The summed E-state index contributed by atoms with van der Waals surface area (Å²) in [5.74, 6) is -5.47. The quantitative estimate of drug-likeness (QED) is 0.386. The minimum atomic E-state index is -2.24. The van der Waals surface area contributed by atoms with Crippen molar-refractivity contribution in [3.63, 3.8) is 0 Å². The number of primary amides is 1. The summed E-state index contributed by atoms with van der Waals surface area (Å²) < 4.78 is 20.1. The number of carbonyl (C=O) groups excluding carboxylic acids is 5. The first-order valence-corrected chi connectivity index (χ1v) is 10.1. The van der Waals surface area contributed by atoms with E-state index in [9.17, 15) is 24.0 Å². The van der Waals surface area contributed by atoms with Gasteiger partial charge in [-0.3, -0.25) is 9.59 Å². The fraction of sp³-hybridized carbons (Fsp3) is 0.318. The molecule has 0 saturated heterocycles. The molecule has 2 heterocycles. The fourth-order valence-electron chi connectivity index (χ4n) is 4.12. The highest BCUT2D eigenvalue weighted by Gasteiger charge is 2.64. The van der Waals surface area contributed by atoms with Gasteiger partial charge in [0.1, 0.15) is 35.7 Å². The zero-order valence-corrected chi connectivity index (χ0v) is 18.7. The summed E-state index contributed by atoms with van der Waals surface area (Å²) in [5, 5.41) is 0. The Hall–Kier alpha value is -4.35. The molecule has 1 amide bonds. The van der Waals surface area contributed by atoms with Gasteiger partial charge >= 0.3 is 23.9 Å². The van der Waals surface area contributed by atoms with Gasteiger partial charge in [0.25, 0.3) is 0 Å². The Bertz CT molecular complexity index is 1150. The van der Waals surface area contributed by atoms with Crippen molar-refractivity contribution in [1.29, 1.82) is 0 Å². The number of rotatable bonds is 7. The molecule has 34 heavy (non-hydrogen) atoms. The number of carbonyl (C=O) groups is 5. The summed E-state index contributed by atoms with van der Waals surface area (Å²) >= 11 is 0. The third-order valence-corrected chi connectivity index (χ3v) is 5.41. The van der Waals surface area contributed by atoms with Crippen LogP contribution in [-0.4, -0.2) is 57.2 Å². The van der Waals surface area contributed by atoms with Gasteiger partial charge in [0.05, 0.1) is 20.8 Å². The Balaban J connectivity index is 2.48. The Morgan fingerprint density at radius 1 is 1.06 bits per heavy atom. The Labute approximate surface area is 194 Å². The van der Waals surface area contributed by atoms with Gasteiger partial charge < -0.3 is 35.3 Å². The Morgan fingerprint density at radius 3 is 2.32 bits per heavy atom. The maximum Gasteiger partial charge on any atom is 0.339 e. The number of nitrogens with zero attached hydrogens (tertiary/aromatic N) is 1. The third-order valence-electron chi connectivity index (χ3n) is 5.41. The van der Waals surface area contributed by atoms with Crippen LogP contribution in [0, 0.1) is 0 Å². The van der Waals surface area contributed by atoms with E-state index in [1.165, 1.54) is 24.0 Å². The number of benzene rings is 1. The largest absolute Gasteiger partial charge is 0.469 e. The lowest BCUT2D eigenvalue weighted by atomic mass is 9.66. The molecule has 0 aromatic heterocycles. The van der Waals surface area contributed by atoms with Crippen LogP contribution in [0.2, 0.25) is 0 Å². The summed E-state index contributed by atoms with van der Waals surface area (Å²) in [6.45, 7) is 1.000. The second-order valence-corrected chi connectivity index (χ2v) is 7.23. The number of nitrogens with two attached hydrogens (primary N) is 2. The maximum atomic E-state index is 13.6. The van der Waals surface area contributed by atoms with Crippen molar-refractivity contribution in [2.45, 2.75) is 18.8 Å². The molecule has 0 unspecified atom stereocenters. The molecular formula is C22H23N3O9. The molecule has 0 fully saturated rings. The van der Waals surface area contributed by atoms with Gasteiger partial charge in [-0.05, 0) is 13.0 Å². The van der Waals surface area contributed by atoms with E-state index >= 15 is 0 Å². The number of fused-ring (bicyclic) bond motifs is 2. The van der Waals surface area contributed by atoms with E-state index in [-0.39, 0.29) is 29.4 Å². The van der Waals surface area contributed by atoms with Gasteiger partial charge in [0.2, 0.25) is 5.91 Å². The molecule has 0 aliphatic carbocycles. The molecule has 4 N–H and O–H groups in total. The van der Waals surface area contributed by atoms with E-state index in [0.29, 0.717) is 0 Å². The van der Waals surface area contributed by atoms with E-state index in [4.69, 9.17) is 25.7 Å². The number of ether oxygens (including phenoxy) is 4. The highest BCUT2D eigenvalue weighted by Crippen LogP contribution is 2.54. The topological polar surface area (TPSA) is 178 Å². The van der Waals surface area contributed by atoms with Crippen LogP contribution in [0.1, 0.15) is 18.9 Å². The van der Waals surface area contributed by atoms with Crippen LogP contribution in [0.25, 0.3) is 0 Å². The van der Waals surface area contributed by atoms with E-state index in [2.05, 4.69) is 4.74 Å². The molecule has 3 rings (SSSR count). The molecule has 1 spiro atoms. The fourth-order valence-corrected chi connectivity index (χ4v) is 4.12. The molecule has 0 radical (unpaired) electrons. The van der Waals surface area contributed by atoms with Gasteiger partial charge in [-0.15, -0.1) is 0 Å². The van der Waals surface area contributed by atoms with Crippen LogP contribution in [0.5, 0.6) is 0 Å². The maximum absolute atomic E-state index is 13.6. The number of cyclic esters (lactones) is 1. The number of hydrogen-bond acceptors (Lipinski definition) is 11. The monoisotopic (exact) mass is 473 g/mol. The minimum absolute atomic E-state index is 0.0822. The van der Waals surface area contributed by atoms with E-state index in [0.717, 1.165) is 14.2 Å². The number of anilines is 1. The predicted molar refractivity (Wildman–Crippen MR) is 114 cm³/mol. The first-order chi connectivity index (χ1) is 16.1. The van der Waals surface area contributed by atoms with Crippen LogP contribution in [0.15, 0.2) is 47.0 Å². The van der Waals surface area contributed by atoms with Gasteiger partial charge in [-0.2, -0.15) is 0 Å². The molecule has 12 nitrogen and oxygen atoms in total. The summed E-state index contributed by atoms with van der Waals surface area (Å²) in [7, 11) is 2.18. The van der Waals surface area contributed by atoms with Gasteiger partial charge in [-0.1, -0.05) is 18.2 Å². The summed E-state index contributed by atoms with van der Waals surface area (Å²) in [6, 6.07) is 6.13. The van der Waals surface area contributed by atoms with Crippen molar-refractivity contribution in [2.75, 3.05) is 32.3 Å². The standard InChI is InChI=1S/C22H23N3O9/c1-4-33-20(29)17-18(24)25(10-14(23)26)12-8-6-5-7-11(12)22(17)16(19(28)32-3)13(34-21(22)30)9-15(27)31-2/h5-8H,4,9-10,24H2,1-3H3,(H2,23,26)/t22-/m1/s1. The van der Waals surface area contributed by atoms with Crippen molar-refractivity contribution >= 4 is 35.5 Å². The highest BCUT2D eigenvalue weighted by molar-refractivity contribution is 6.16. The molecule has 1 aromatic rings. The van der Waals surface area contributed by atoms with Crippen LogP contribution in [0.3, 0.4) is 0 Å². The Morgan fingerprint density at radius 2 is 1.74 bits per heavy atom. The third kappa shape index (κ3) is 3.62. The SMILES string of the molecule is CCOC(=O)C1=C(N)N(CC(N)=O)c2ccccc2[C@]12C(=O)OC(CC(=O)OC)=C2C(=O)OC. The second kappa shape index (κ2) is 9.25. The van der Waals surface area contributed by atoms with Gasteiger partial charge in [0, 0.05) is 11.3 Å². The zero-order valence-electron chi connectivity index (χ0n) is 18.7. The van der Waals surface area contributed by atoms with Crippen LogP contribution in [0.4, 0.5) is 5.69 Å². The predicted octanol–water partition coefficient (Wildman–Crippen LogP) is -0.490. The van der Waals surface area contributed by atoms with E-state index in [1.54, 1.807) is 12.1 Å². The van der Waals surface area contributed by atoms with Crippen molar-refractivity contribution in [1.82, 2.24) is 0 Å².